The Morgan fingerprint density at radius 3 is 2.25 bits per heavy atom. The molecule has 8 heteroatoms. The summed E-state index contributed by atoms with van der Waals surface area (Å²) >= 11 is 0. The maximum absolute atomic E-state index is 12.6. The van der Waals surface area contributed by atoms with Gasteiger partial charge in [0.1, 0.15) is 12.4 Å². The summed E-state index contributed by atoms with van der Waals surface area (Å²) in [7, 11) is 2.44. The molecule has 2 aromatic carbocycles. The fourth-order valence-electron chi connectivity index (χ4n) is 3.50. The van der Waals surface area contributed by atoms with Crippen molar-refractivity contribution in [1.82, 2.24) is 14.5 Å². The first-order valence-electron chi connectivity index (χ1n) is 9.88. The number of benzene rings is 2. The van der Waals surface area contributed by atoms with E-state index in [0.717, 1.165) is 5.56 Å². The van der Waals surface area contributed by atoms with Gasteiger partial charge in [-0.25, -0.2) is 9.97 Å². The largest absolute Gasteiger partial charge is 0.488 e. The summed E-state index contributed by atoms with van der Waals surface area (Å²) in [5.41, 5.74) is 2.01. The van der Waals surface area contributed by atoms with Gasteiger partial charge < -0.3 is 14.2 Å². The zero-order chi connectivity index (χ0) is 22.5. The van der Waals surface area contributed by atoms with Crippen molar-refractivity contribution >= 4 is 22.8 Å². The van der Waals surface area contributed by atoms with Gasteiger partial charge in [0.15, 0.2) is 5.92 Å². The number of fused-ring (bicyclic) bond motifs is 1. The molecule has 0 bridgehead atoms. The molecule has 0 amide bonds. The number of ether oxygens (including phenoxy) is 3. The lowest BCUT2D eigenvalue weighted by atomic mass is 10.1. The van der Waals surface area contributed by atoms with E-state index < -0.39 is 17.9 Å². The molecule has 8 nitrogen and oxygen atoms in total. The highest BCUT2D eigenvalue weighted by molar-refractivity contribution is 6.02. The summed E-state index contributed by atoms with van der Waals surface area (Å²) in [5, 5.41) is 0.698. The summed E-state index contributed by atoms with van der Waals surface area (Å²) in [5.74, 6) is -1.92. The molecule has 0 spiro atoms. The highest BCUT2D eigenvalue weighted by Gasteiger charge is 2.35. The second-order valence-corrected chi connectivity index (χ2v) is 6.90. The van der Waals surface area contributed by atoms with Gasteiger partial charge in [0.2, 0.25) is 5.95 Å². The van der Waals surface area contributed by atoms with Gasteiger partial charge in [-0.05, 0) is 29.8 Å². The number of esters is 2. The first-order valence-corrected chi connectivity index (χ1v) is 9.88. The number of hydrogen-bond acceptors (Lipinski definition) is 7. The summed E-state index contributed by atoms with van der Waals surface area (Å²) in [6, 6.07) is 18.7. The molecule has 0 aliphatic heterocycles. The van der Waals surface area contributed by atoms with Crippen molar-refractivity contribution < 1.29 is 23.8 Å². The lowest BCUT2D eigenvalue weighted by molar-refractivity contribution is -0.154. The van der Waals surface area contributed by atoms with Crippen molar-refractivity contribution in [3.63, 3.8) is 0 Å². The van der Waals surface area contributed by atoms with Gasteiger partial charge >= 0.3 is 11.9 Å². The third-order valence-electron chi connectivity index (χ3n) is 4.99. The summed E-state index contributed by atoms with van der Waals surface area (Å²) in [6.07, 6.45) is 3.16. The number of carbonyl (C=O) groups excluding carboxylic acids is 2. The third kappa shape index (κ3) is 4.02. The minimum atomic E-state index is -1.32. The first-order chi connectivity index (χ1) is 15.6. The molecule has 0 unspecified atom stereocenters. The van der Waals surface area contributed by atoms with Crippen molar-refractivity contribution in [1.29, 1.82) is 0 Å². The van der Waals surface area contributed by atoms with Gasteiger partial charge in [-0.2, -0.15) is 0 Å². The van der Waals surface area contributed by atoms with Crippen LogP contribution >= 0.6 is 0 Å². The minimum Gasteiger partial charge on any atom is -0.488 e. The highest BCUT2D eigenvalue weighted by atomic mass is 16.5. The van der Waals surface area contributed by atoms with E-state index in [1.54, 1.807) is 29.1 Å². The Balaban J connectivity index is 1.88. The van der Waals surface area contributed by atoms with Gasteiger partial charge in [0, 0.05) is 17.8 Å². The standard InChI is InChI=1S/C24H21N3O5/c1-30-22(28)21(23(29)31-2)19-14-17-18(27(19)24-25-12-7-13-26-24)10-6-11-20(17)32-15-16-8-4-3-5-9-16/h3-14,21H,15H2,1-2H3. The summed E-state index contributed by atoms with van der Waals surface area (Å²) in [4.78, 5) is 33.8. The van der Waals surface area contributed by atoms with E-state index in [4.69, 9.17) is 14.2 Å². The number of carbonyl (C=O) groups is 2. The molecule has 0 radical (unpaired) electrons. The fraction of sp³-hybridized carbons (Fsp3) is 0.167. The molecule has 4 rings (SSSR count). The van der Waals surface area contributed by atoms with Crippen LogP contribution in [0.25, 0.3) is 16.9 Å². The Bertz CT molecular complexity index is 1220. The molecular formula is C24H21N3O5. The molecule has 162 valence electrons. The maximum atomic E-state index is 12.6. The highest BCUT2D eigenvalue weighted by Crippen LogP contribution is 2.35. The first kappa shape index (κ1) is 21.0. The lowest BCUT2D eigenvalue weighted by Gasteiger charge is -2.15. The van der Waals surface area contributed by atoms with Crippen molar-refractivity contribution in [2.24, 2.45) is 0 Å². The fourth-order valence-corrected chi connectivity index (χ4v) is 3.50. The van der Waals surface area contributed by atoms with Crippen LogP contribution in [0.2, 0.25) is 0 Å². The van der Waals surface area contributed by atoms with Gasteiger partial charge in [-0.1, -0.05) is 36.4 Å². The van der Waals surface area contributed by atoms with Gasteiger partial charge in [0.05, 0.1) is 25.4 Å². The van der Waals surface area contributed by atoms with E-state index >= 15 is 0 Å². The minimum absolute atomic E-state index is 0.301. The quantitative estimate of drug-likeness (QED) is 0.327. The average molecular weight is 431 g/mol. The van der Waals surface area contributed by atoms with Crippen molar-refractivity contribution in [2.45, 2.75) is 12.5 Å². The molecule has 0 atom stereocenters. The summed E-state index contributed by atoms with van der Waals surface area (Å²) < 4.78 is 17.5. The lowest BCUT2D eigenvalue weighted by Crippen LogP contribution is -2.26. The molecule has 2 heterocycles. The van der Waals surface area contributed by atoms with Crippen LogP contribution in [-0.4, -0.2) is 40.7 Å². The van der Waals surface area contributed by atoms with E-state index in [0.29, 0.717) is 34.9 Å². The van der Waals surface area contributed by atoms with E-state index in [-0.39, 0.29) is 0 Å². The van der Waals surface area contributed by atoms with Crippen LogP contribution in [0, 0.1) is 0 Å². The predicted molar refractivity (Wildman–Crippen MR) is 116 cm³/mol. The van der Waals surface area contributed by atoms with Crippen LogP contribution in [0.5, 0.6) is 5.75 Å². The summed E-state index contributed by atoms with van der Waals surface area (Å²) in [6.45, 7) is 0.361. The number of rotatable bonds is 7. The molecule has 0 N–H and O–H groups in total. The van der Waals surface area contributed by atoms with E-state index in [1.807, 2.05) is 48.5 Å². The molecule has 0 aliphatic carbocycles. The molecule has 4 aromatic rings. The Labute approximate surface area is 184 Å². The Kier molecular flexibility index (Phi) is 6.12. The predicted octanol–water partition coefficient (Wildman–Crippen LogP) is 3.43. The zero-order valence-electron chi connectivity index (χ0n) is 17.6. The van der Waals surface area contributed by atoms with E-state index in [2.05, 4.69) is 9.97 Å². The molecule has 0 aliphatic rings. The number of nitrogens with zero attached hydrogens (tertiary/aromatic N) is 3. The van der Waals surface area contributed by atoms with Crippen LogP contribution in [0.1, 0.15) is 17.2 Å². The number of methoxy groups -OCH3 is 2. The second-order valence-electron chi connectivity index (χ2n) is 6.90. The maximum Gasteiger partial charge on any atom is 0.326 e. The average Bonchev–Trinajstić information content (AvgIpc) is 3.23. The van der Waals surface area contributed by atoms with Gasteiger partial charge in [0.25, 0.3) is 0 Å². The van der Waals surface area contributed by atoms with Gasteiger partial charge in [-0.3, -0.25) is 14.2 Å². The van der Waals surface area contributed by atoms with Crippen molar-refractivity contribution in [3.8, 4) is 11.7 Å². The number of aromatic nitrogens is 3. The second kappa shape index (κ2) is 9.30. The van der Waals surface area contributed by atoms with Crippen LogP contribution in [0.4, 0.5) is 0 Å². The Morgan fingerprint density at radius 2 is 1.59 bits per heavy atom. The zero-order valence-corrected chi connectivity index (χ0v) is 17.6. The van der Waals surface area contributed by atoms with Crippen LogP contribution < -0.4 is 4.74 Å². The van der Waals surface area contributed by atoms with Crippen molar-refractivity contribution in [3.05, 3.63) is 84.3 Å². The normalized spacial score (nSPS) is 10.8. The molecule has 0 fully saturated rings. The molecule has 2 aromatic heterocycles. The molecule has 0 saturated heterocycles. The van der Waals surface area contributed by atoms with Crippen LogP contribution in [-0.2, 0) is 25.7 Å². The number of hydrogen-bond donors (Lipinski definition) is 0. The smallest absolute Gasteiger partial charge is 0.326 e. The molecule has 0 saturated carbocycles. The SMILES string of the molecule is COC(=O)C(C(=O)OC)c1cc2c(OCc3ccccc3)cccc2n1-c1ncccn1. The molecule has 32 heavy (non-hydrogen) atoms. The van der Waals surface area contributed by atoms with Gasteiger partial charge in [-0.15, -0.1) is 0 Å². The van der Waals surface area contributed by atoms with Crippen molar-refractivity contribution in [2.75, 3.05) is 14.2 Å². The Morgan fingerprint density at radius 1 is 0.906 bits per heavy atom. The topological polar surface area (TPSA) is 92.5 Å². The van der Waals surface area contributed by atoms with E-state index in [1.165, 1.54) is 14.2 Å². The third-order valence-corrected chi connectivity index (χ3v) is 4.99. The van der Waals surface area contributed by atoms with Crippen LogP contribution in [0.15, 0.2) is 73.1 Å². The van der Waals surface area contributed by atoms with E-state index in [9.17, 15) is 9.59 Å². The Hall–Kier alpha value is -4.20. The molecular weight excluding hydrogens is 410 g/mol. The monoisotopic (exact) mass is 431 g/mol. The van der Waals surface area contributed by atoms with Crippen LogP contribution in [0.3, 0.4) is 0 Å².